The first-order valence-corrected chi connectivity index (χ1v) is 10.2. The highest BCUT2D eigenvalue weighted by molar-refractivity contribution is 5.93. The van der Waals surface area contributed by atoms with E-state index in [4.69, 9.17) is 0 Å². The molecule has 0 spiro atoms. The zero-order valence-corrected chi connectivity index (χ0v) is 16.8. The van der Waals surface area contributed by atoms with Crippen LogP contribution in [0.1, 0.15) is 10.5 Å². The van der Waals surface area contributed by atoms with Crippen LogP contribution in [0.2, 0.25) is 0 Å². The van der Waals surface area contributed by atoms with E-state index in [9.17, 15) is 4.79 Å². The highest BCUT2D eigenvalue weighted by Crippen LogP contribution is 2.20. The van der Waals surface area contributed by atoms with Gasteiger partial charge in [-0.2, -0.15) is 5.10 Å². The lowest BCUT2D eigenvalue weighted by molar-refractivity contribution is 0.0740. The van der Waals surface area contributed by atoms with Crippen LogP contribution in [0.4, 0.5) is 5.82 Å². The number of nitrogens with one attached hydrogen (secondary N) is 1. The van der Waals surface area contributed by atoms with Crippen LogP contribution in [0.5, 0.6) is 0 Å². The summed E-state index contributed by atoms with van der Waals surface area (Å²) in [7, 11) is 0. The van der Waals surface area contributed by atoms with Crippen LogP contribution in [-0.2, 0) is 0 Å². The first-order chi connectivity index (χ1) is 15.3. The number of carbonyl (C=O) groups excluding carboxylic acids is 1. The van der Waals surface area contributed by atoms with E-state index in [1.807, 2.05) is 71.6 Å². The number of carbonyl (C=O) groups is 1. The number of benzene rings is 1. The van der Waals surface area contributed by atoms with Crippen LogP contribution < -0.4 is 4.90 Å². The Morgan fingerprint density at radius 1 is 0.806 bits per heavy atom. The molecule has 0 bridgehead atoms. The number of hydrogen-bond donors (Lipinski definition) is 1. The molecule has 1 N–H and O–H groups in total. The van der Waals surface area contributed by atoms with Crippen LogP contribution >= 0.6 is 0 Å². The number of aromatic nitrogens is 5. The van der Waals surface area contributed by atoms with E-state index >= 15 is 0 Å². The van der Waals surface area contributed by atoms with E-state index < -0.39 is 0 Å². The summed E-state index contributed by atoms with van der Waals surface area (Å²) in [6.07, 6.45) is 1.74. The quantitative estimate of drug-likeness (QED) is 0.555. The average Bonchev–Trinajstić information content (AvgIpc) is 3.35. The SMILES string of the molecule is O=C(c1cc(-c2ccccc2)n[nH]1)N1CCN(c2ccc(-c3ccccn3)nn2)CC1. The topological polar surface area (TPSA) is 90.9 Å². The molecule has 1 amide bonds. The largest absolute Gasteiger partial charge is 0.352 e. The van der Waals surface area contributed by atoms with E-state index in [2.05, 4.69) is 30.3 Å². The van der Waals surface area contributed by atoms with Crippen molar-refractivity contribution < 1.29 is 4.79 Å². The lowest BCUT2D eigenvalue weighted by atomic mass is 10.1. The van der Waals surface area contributed by atoms with Crippen molar-refractivity contribution >= 4 is 11.7 Å². The fraction of sp³-hybridized carbons (Fsp3) is 0.174. The minimum Gasteiger partial charge on any atom is -0.352 e. The first kappa shape index (κ1) is 18.9. The lowest BCUT2D eigenvalue weighted by Gasteiger charge is -2.34. The molecule has 4 heterocycles. The predicted molar refractivity (Wildman–Crippen MR) is 117 cm³/mol. The molecule has 1 saturated heterocycles. The van der Waals surface area contributed by atoms with Crippen molar-refractivity contribution in [2.24, 2.45) is 0 Å². The van der Waals surface area contributed by atoms with Crippen LogP contribution in [0.15, 0.2) is 72.9 Å². The monoisotopic (exact) mass is 411 g/mol. The van der Waals surface area contributed by atoms with Gasteiger partial charge in [-0.15, -0.1) is 10.2 Å². The molecule has 0 atom stereocenters. The summed E-state index contributed by atoms with van der Waals surface area (Å²) in [6, 6.07) is 21.2. The average molecular weight is 411 g/mol. The maximum Gasteiger partial charge on any atom is 0.272 e. The second-order valence-electron chi connectivity index (χ2n) is 7.30. The first-order valence-electron chi connectivity index (χ1n) is 10.2. The molecule has 0 unspecified atom stereocenters. The van der Waals surface area contributed by atoms with E-state index in [0.717, 1.165) is 28.5 Å². The molecule has 8 heteroatoms. The molecular formula is C23H21N7O. The molecule has 0 saturated carbocycles. The van der Waals surface area contributed by atoms with Gasteiger partial charge in [0.15, 0.2) is 5.82 Å². The van der Waals surface area contributed by atoms with Crippen LogP contribution in [0.3, 0.4) is 0 Å². The van der Waals surface area contributed by atoms with Crippen molar-refractivity contribution in [2.75, 3.05) is 31.1 Å². The molecule has 3 aromatic heterocycles. The van der Waals surface area contributed by atoms with E-state index in [0.29, 0.717) is 31.9 Å². The molecule has 0 radical (unpaired) electrons. The number of anilines is 1. The van der Waals surface area contributed by atoms with Gasteiger partial charge in [0, 0.05) is 37.9 Å². The van der Waals surface area contributed by atoms with Crippen LogP contribution in [0.25, 0.3) is 22.6 Å². The van der Waals surface area contributed by atoms with Crippen molar-refractivity contribution in [3.8, 4) is 22.6 Å². The second-order valence-corrected chi connectivity index (χ2v) is 7.30. The summed E-state index contributed by atoms with van der Waals surface area (Å²) in [5.74, 6) is 0.769. The third-order valence-corrected chi connectivity index (χ3v) is 5.35. The zero-order valence-electron chi connectivity index (χ0n) is 16.8. The van der Waals surface area contributed by atoms with Crippen molar-refractivity contribution in [1.82, 2.24) is 30.3 Å². The summed E-state index contributed by atoms with van der Waals surface area (Å²) >= 11 is 0. The van der Waals surface area contributed by atoms with Crippen molar-refractivity contribution in [3.63, 3.8) is 0 Å². The van der Waals surface area contributed by atoms with E-state index in [-0.39, 0.29) is 5.91 Å². The zero-order chi connectivity index (χ0) is 21.0. The van der Waals surface area contributed by atoms with Gasteiger partial charge >= 0.3 is 0 Å². The van der Waals surface area contributed by atoms with Gasteiger partial charge in [-0.25, -0.2) is 0 Å². The fourth-order valence-electron chi connectivity index (χ4n) is 3.64. The van der Waals surface area contributed by atoms with Crippen molar-refractivity contribution in [1.29, 1.82) is 0 Å². The number of piperazine rings is 1. The number of hydrogen-bond acceptors (Lipinski definition) is 6. The third-order valence-electron chi connectivity index (χ3n) is 5.35. The Morgan fingerprint density at radius 3 is 2.32 bits per heavy atom. The number of nitrogens with zero attached hydrogens (tertiary/aromatic N) is 6. The number of amides is 1. The fourth-order valence-corrected chi connectivity index (χ4v) is 3.64. The summed E-state index contributed by atoms with van der Waals surface area (Å²) < 4.78 is 0. The maximum absolute atomic E-state index is 12.9. The maximum atomic E-state index is 12.9. The molecule has 154 valence electrons. The summed E-state index contributed by atoms with van der Waals surface area (Å²) in [5, 5.41) is 15.8. The number of pyridine rings is 1. The summed E-state index contributed by atoms with van der Waals surface area (Å²) in [5.41, 5.74) is 3.80. The highest BCUT2D eigenvalue weighted by atomic mass is 16.2. The van der Waals surface area contributed by atoms with E-state index in [1.165, 1.54) is 0 Å². The molecule has 4 aromatic rings. The molecule has 8 nitrogen and oxygen atoms in total. The Bertz CT molecular complexity index is 1150. The smallest absolute Gasteiger partial charge is 0.272 e. The molecule has 1 aliphatic heterocycles. The predicted octanol–water partition coefficient (Wildman–Crippen LogP) is 2.89. The molecule has 1 aliphatic rings. The summed E-state index contributed by atoms with van der Waals surface area (Å²) in [6.45, 7) is 2.62. The number of rotatable bonds is 4. The van der Waals surface area contributed by atoms with Crippen molar-refractivity contribution in [2.45, 2.75) is 0 Å². The molecule has 31 heavy (non-hydrogen) atoms. The van der Waals surface area contributed by atoms with Gasteiger partial charge in [0.05, 0.1) is 11.4 Å². The molecular weight excluding hydrogens is 390 g/mol. The molecule has 0 aliphatic carbocycles. The Balaban J connectivity index is 1.21. The van der Waals surface area contributed by atoms with E-state index in [1.54, 1.807) is 6.20 Å². The van der Waals surface area contributed by atoms with Crippen LogP contribution in [0, 0.1) is 0 Å². The van der Waals surface area contributed by atoms with Gasteiger partial charge in [-0.05, 0) is 30.3 Å². The van der Waals surface area contributed by atoms with Crippen LogP contribution in [-0.4, -0.2) is 62.4 Å². The van der Waals surface area contributed by atoms with Gasteiger partial charge in [0.1, 0.15) is 11.4 Å². The molecule has 1 fully saturated rings. The van der Waals surface area contributed by atoms with Crippen molar-refractivity contribution in [3.05, 3.63) is 78.6 Å². The molecule has 1 aromatic carbocycles. The summed E-state index contributed by atoms with van der Waals surface area (Å²) in [4.78, 5) is 21.2. The Labute approximate surface area is 179 Å². The normalized spacial score (nSPS) is 13.9. The van der Waals surface area contributed by atoms with Gasteiger partial charge in [0.25, 0.3) is 5.91 Å². The number of aromatic amines is 1. The van der Waals surface area contributed by atoms with Gasteiger partial charge in [-0.1, -0.05) is 36.4 Å². The highest BCUT2D eigenvalue weighted by Gasteiger charge is 2.24. The molecule has 5 rings (SSSR count). The standard InChI is InChI=1S/C23H21N7O/c31-23(21-16-20(26-27-21)17-6-2-1-3-7-17)30-14-12-29(13-15-30)22-10-9-19(25-28-22)18-8-4-5-11-24-18/h1-11,16H,12-15H2,(H,26,27). The van der Waals surface area contributed by atoms with Gasteiger partial charge < -0.3 is 9.80 Å². The Hall–Kier alpha value is -4.07. The Kier molecular flexibility index (Phi) is 5.10. The second kappa shape index (κ2) is 8.35. The minimum atomic E-state index is -0.0362. The minimum absolute atomic E-state index is 0.0362. The number of H-pyrrole nitrogens is 1. The van der Waals surface area contributed by atoms with Gasteiger partial charge in [0.2, 0.25) is 0 Å². The van der Waals surface area contributed by atoms with Gasteiger partial charge in [-0.3, -0.25) is 14.9 Å². The third kappa shape index (κ3) is 4.00. The lowest BCUT2D eigenvalue weighted by Crippen LogP contribution is -2.49. The Morgan fingerprint density at radius 2 is 1.61 bits per heavy atom.